The molecule has 0 N–H and O–H groups in total. The largest absolute Gasteiger partial charge is 0.353 e. The Morgan fingerprint density at radius 3 is 3.15 bits per heavy atom. The highest BCUT2D eigenvalue weighted by atomic mass is 16.7. The van der Waals surface area contributed by atoms with Crippen molar-refractivity contribution in [3.05, 3.63) is 0 Å². The summed E-state index contributed by atoms with van der Waals surface area (Å²) in [6.45, 7) is -2.76. The molecule has 74 valence electrons. The minimum Gasteiger partial charge on any atom is -0.353 e. The van der Waals surface area contributed by atoms with E-state index >= 15 is 0 Å². The molecular weight excluding hydrogens is 164 g/mol. The van der Waals surface area contributed by atoms with Gasteiger partial charge in [-0.15, -0.1) is 12.3 Å². The molecule has 0 bridgehead atoms. The molecule has 0 aliphatic carbocycles. The molecule has 0 aromatic carbocycles. The van der Waals surface area contributed by atoms with Crippen molar-refractivity contribution < 1.29 is 20.4 Å². The van der Waals surface area contributed by atoms with Gasteiger partial charge in [0.2, 0.25) is 0 Å². The first kappa shape index (κ1) is 3.92. The molecule has 1 aliphatic rings. The van der Waals surface area contributed by atoms with Gasteiger partial charge in [-0.2, -0.15) is 0 Å². The zero-order chi connectivity index (χ0) is 16.5. The Morgan fingerprint density at radius 2 is 2.46 bits per heavy atom. The quantitative estimate of drug-likeness (QED) is 0.619. The summed E-state index contributed by atoms with van der Waals surface area (Å²) in [5.41, 5.74) is 0. The van der Waals surface area contributed by atoms with Gasteiger partial charge >= 0.3 is 0 Å². The lowest BCUT2D eigenvalue weighted by atomic mass is 10.2. The Morgan fingerprint density at radius 1 is 1.54 bits per heavy atom. The lowest BCUT2D eigenvalue weighted by Gasteiger charge is -2.22. The van der Waals surface area contributed by atoms with Gasteiger partial charge in [0.05, 0.1) is 2.74 Å². The van der Waals surface area contributed by atoms with Gasteiger partial charge in [0.15, 0.2) is 6.29 Å². The Balaban J connectivity index is 3.00. The van der Waals surface area contributed by atoms with Gasteiger partial charge in [-0.25, -0.2) is 0 Å². The molecular formula is C11H18O2. The molecule has 2 heteroatoms. The summed E-state index contributed by atoms with van der Waals surface area (Å²) in [6.07, 6.45) is -3.84. The van der Waals surface area contributed by atoms with Crippen LogP contribution in [0.25, 0.3) is 0 Å². The summed E-state index contributed by atoms with van der Waals surface area (Å²) in [7, 11) is 0. The van der Waals surface area contributed by atoms with Crippen molar-refractivity contribution in [2.45, 2.75) is 44.7 Å². The maximum atomic E-state index is 7.71. The summed E-state index contributed by atoms with van der Waals surface area (Å²) >= 11 is 0. The lowest BCUT2D eigenvalue weighted by molar-refractivity contribution is -0.162. The molecule has 1 unspecified atom stereocenters. The van der Waals surface area contributed by atoms with Gasteiger partial charge in [0.25, 0.3) is 0 Å². The van der Waals surface area contributed by atoms with Crippen LogP contribution in [-0.4, -0.2) is 19.5 Å². The minimum absolute atomic E-state index is 0.349. The van der Waals surface area contributed by atoms with Crippen molar-refractivity contribution >= 4 is 0 Å². The second kappa shape index (κ2) is 6.94. The summed E-state index contributed by atoms with van der Waals surface area (Å²) in [5.74, 6) is 1.53. The standard InChI is InChI=1S/C11H18O2/c1-2-3-4-6-9-12-11-8-5-7-10-13-11/h1,11H,3-10H2/i3D2,4D2,6D2,9D2. The molecule has 1 fully saturated rings. The van der Waals surface area contributed by atoms with Gasteiger partial charge < -0.3 is 9.47 Å². The Labute approximate surface area is 91.8 Å². The number of rotatable bonds is 5. The number of hydrogen-bond acceptors (Lipinski definition) is 2. The third kappa shape index (κ3) is 4.92. The maximum Gasteiger partial charge on any atom is 0.157 e. The average Bonchev–Trinajstić information content (AvgIpc) is 2.38. The predicted molar refractivity (Wildman–Crippen MR) is 52.2 cm³/mol. The first-order valence-electron chi connectivity index (χ1n) is 8.16. The fraction of sp³-hybridized carbons (Fsp3) is 0.818. The second-order valence-electron chi connectivity index (χ2n) is 2.54. The van der Waals surface area contributed by atoms with E-state index in [1.807, 2.05) is 0 Å². The highest BCUT2D eigenvalue weighted by Gasteiger charge is 2.12. The minimum atomic E-state index is -3.32. The number of ether oxygens (including phenoxy) is 2. The first-order valence-corrected chi connectivity index (χ1v) is 4.16. The van der Waals surface area contributed by atoms with E-state index in [-0.39, 0.29) is 0 Å². The second-order valence-corrected chi connectivity index (χ2v) is 2.54. The highest BCUT2D eigenvalue weighted by Crippen LogP contribution is 2.13. The van der Waals surface area contributed by atoms with E-state index in [2.05, 4.69) is 0 Å². The fourth-order valence-corrected chi connectivity index (χ4v) is 0.992. The van der Waals surface area contributed by atoms with Crippen molar-refractivity contribution in [3.63, 3.8) is 0 Å². The molecule has 1 heterocycles. The molecule has 0 radical (unpaired) electrons. The van der Waals surface area contributed by atoms with Gasteiger partial charge in [-0.05, 0) is 32.0 Å². The number of terminal acetylenes is 1. The molecule has 1 aliphatic heterocycles. The molecule has 0 saturated carbocycles. The topological polar surface area (TPSA) is 18.5 Å². The zero-order valence-corrected chi connectivity index (χ0v) is 7.30. The van der Waals surface area contributed by atoms with Crippen molar-refractivity contribution in [1.82, 2.24) is 0 Å². The van der Waals surface area contributed by atoms with E-state index in [9.17, 15) is 0 Å². The van der Waals surface area contributed by atoms with Crippen LogP contribution >= 0.6 is 0 Å². The molecule has 13 heavy (non-hydrogen) atoms. The van der Waals surface area contributed by atoms with Crippen molar-refractivity contribution in [3.8, 4) is 12.3 Å². The van der Waals surface area contributed by atoms with E-state index in [1.54, 1.807) is 0 Å². The molecule has 2 nitrogen and oxygen atoms in total. The molecule has 0 amide bonds. The Bertz CT molecular complexity index is 409. The summed E-state index contributed by atoms with van der Waals surface area (Å²) in [5, 5.41) is 0. The van der Waals surface area contributed by atoms with E-state index in [1.165, 1.54) is 5.92 Å². The van der Waals surface area contributed by atoms with Gasteiger partial charge in [0, 0.05) is 27.8 Å². The molecule has 1 rings (SSSR count). The molecule has 1 saturated heterocycles. The van der Waals surface area contributed by atoms with E-state index in [4.69, 9.17) is 26.9 Å². The zero-order valence-electron chi connectivity index (χ0n) is 15.3. The van der Waals surface area contributed by atoms with Crippen LogP contribution in [0.1, 0.15) is 49.3 Å². The van der Waals surface area contributed by atoms with Crippen molar-refractivity contribution in [2.75, 3.05) is 13.2 Å². The molecule has 0 aromatic heterocycles. The molecule has 0 spiro atoms. The van der Waals surface area contributed by atoms with Gasteiger partial charge in [-0.1, -0.05) is 0 Å². The van der Waals surface area contributed by atoms with Crippen molar-refractivity contribution in [2.24, 2.45) is 0 Å². The van der Waals surface area contributed by atoms with E-state index in [0.717, 1.165) is 12.8 Å². The van der Waals surface area contributed by atoms with Crippen LogP contribution < -0.4 is 0 Å². The van der Waals surface area contributed by atoms with Crippen molar-refractivity contribution in [1.29, 1.82) is 0 Å². The molecule has 0 aromatic rings. The number of hydrogen-bond donors (Lipinski definition) is 0. The van der Waals surface area contributed by atoms with Crippen LogP contribution in [0.5, 0.6) is 0 Å². The first-order chi connectivity index (χ1) is 9.39. The maximum absolute atomic E-state index is 7.71. The lowest BCUT2D eigenvalue weighted by Crippen LogP contribution is -2.22. The normalized spacial score (nSPS) is 36.1. The van der Waals surface area contributed by atoms with Gasteiger partial charge in [-0.3, -0.25) is 0 Å². The van der Waals surface area contributed by atoms with Crippen LogP contribution in [0, 0.1) is 12.3 Å². The SMILES string of the molecule is [2H]C([2H])(C#C)C([2H])([2H])C([2H])([2H])C([2H])([2H])OC1CCCCO1. The van der Waals surface area contributed by atoms with Crippen LogP contribution in [0.3, 0.4) is 0 Å². The summed E-state index contributed by atoms with van der Waals surface area (Å²) < 4.78 is 70.9. The van der Waals surface area contributed by atoms with E-state index in [0.29, 0.717) is 13.0 Å². The third-order valence-electron chi connectivity index (χ3n) is 1.58. The Hall–Kier alpha value is -0.520. The third-order valence-corrected chi connectivity index (χ3v) is 1.58. The fourth-order valence-electron chi connectivity index (χ4n) is 0.992. The van der Waals surface area contributed by atoms with Crippen LogP contribution in [0.2, 0.25) is 0 Å². The molecule has 1 atom stereocenters. The Kier molecular flexibility index (Phi) is 2.09. The highest BCUT2D eigenvalue weighted by molar-refractivity contribution is 4.82. The predicted octanol–water partition coefficient (Wildman–Crippen LogP) is 2.33. The average molecular weight is 190 g/mol. The van der Waals surface area contributed by atoms with Crippen LogP contribution in [0.4, 0.5) is 0 Å². The van der Waals surface area contributed by atoms with Crippen LogP contribution in [0.15, 0.2) is 0 Å². The van der Waals surface area contributed by atoms with Crippen LogP contribution in [-0.2, 0) is 9.47 Å². The monoisotopic (exact) mass is 190 g/mol. The summed E-state index contributed by atoms with van der Waals surface area (Å²) in [4.78, 5) is 0. The summed E-state index contributed by atoms with van der Waals surface area (Å²) in [6, 6.07) is 0. The van der Waals surface area contributed by atoms with Gasteiger partial charge in [0.1, 0.15) is 0 Å². The smallest absolute Gasteiger partial charge is 0.157 e. The van der Waals surface area contributed by atoms with E-state index < -0.39 is 32.0 Å².